The van der Waals surface area contributed by atoms with E-state index in [0.717, 1.165) is 5.56 Å². The Morgan fingerprint density at radius 2 is 2.00 bits per heavy atom. The molecule has 0 spiro atoms. The van der Waals surface area contributed by atoms with Gasteiger partial charge >= 0.3 is 0 Å². The van der Waals surface area contributed by atoms with Crippen molar-refractivity contribution < 1.29 is 9.21 Å². The first kappa shape index (κ1) is 13.9. The first-order chi connectivity index (χ1) is 11.7. The van der Waals surface area contributed by atoms with Crippen molar-refractivity contribution in [2.45, 2.75) is 0 Å². The number of furan rings is 1. The van der Waals surface area contributed by atoms with Crippen molar-refractivity contribution in [2.24, 2.45) is 0 Å². The molecule has 3 heterocycles. The fraction of sp³-hybridized carbons (Fsp3) is 0. The highest BCUT2D eigenvalue weighted by molar-refractivity contribution is 6.01. The molecule has 0 aliphatic heterocycles. The van der Waals surface area contributed by atoms with Gasteiger partial charge in [-0.3, -0.25) is 14.6 Å². The van der Waals surface area contributed by atoms with Crippen molar-refractivity contribution in [1.82, 2.24) is 19.6 Å². The lowest BCUT2D eigenvalue weighted by Gasteiger charge is -2.04. The summed E-state index contributed by atoms with van der Waals surface area (Å²) in [6.45, 7) is 0. The van der Waals surface area contributed by atoms with Gasteiger partial charge in [0.05, 0.1) is 6.26 Å². The number of H-pyrrole nitrogens is 1. The van der Waals surface area contributed by atoms with Crippen molar-refractivity contribution in [3.63, 3.8) is 0 Å². The lowest BCUT2D eigenvalue weighted by Crippen LogP contribution is -2.18. The topological polar surface area (TPSA) is 105 Å². The number of carbonyl (C=O) groups excluding carboxylic acids is 1. The molecule has 0 aliphatic carbocycles. The molecule has 0 fully saturated rings. The van der Waals surface area contributed by atoms with Crippen molar-refractivity contribution in [2.75, 3.05) is 5.32 Å². The Bertz CT molecular complexity index is 1060. The first-order valence-electron chi connectivity index (χ1n) is 7.11. The first-order valence-corrected chi connectivity index (χ1v) is 7.11. The molecule has 0 radical (unpaired) electrons. The van der Waals surface area contributed by atoms with Crippen LogP contribution in [0.25, 0.3) is 17.2 Å². The van der Waals surface area contributed by atoms with Crippen molar-refractivity contribution in [3.05, 3.63) is 70.9 Å². The molecule has 3 aromatic heterocycles. The molecule has 0 saturated carbocycles. The lowest BCUT2D eigenvalue weighted by molar-refractivity contribution is 0.0996. The van der Waals surface area contributed by atoms with Gasteiger partial charge in [0, 0.05) is 11.6 Å². The largest absolute Gasteiger partial charge is 0.459 e. The van der Waals surface area contributed by atoms with Crippen LogP contribution in [0.2, 0.25) is 0 Å². The normalized spacial score (nSPS) is 10.8. The molecule has 1 aromatic carbocycles. The van der Waals surface area contributed by atoms with Crippen LogP contribution < -0.4 is 10.9 Å². The van der Waals surface area contributed by atoms with Crippen LogP contribution in [0.5, 0.6) is 0 Å². The number of aromatic amines is 1. The van der Waals surface area contributed by atoms with E-state index in [9.17, 15) is 9.59 Å². The average Bonchev–Trinajstić information content (AvgIpc) is 3.25. The summed E-state index contributed by atoms with van der Waals surface area (Å²) in [4.78, 5) is 30.8. The van der Waals surface area contributed by atoms with Gasteiger partial charge in [0.2, 0.25) is 5.78 Å². The minimum absolute atomic E-state index is 0.131. The highest BCUT2D eigenvalue weighted by atomic mass is 16.3. The van der Waals surface area contributed by atoms with Crippen LogP contribution in [-0.4, -0.2) is 25.5 Å². The van der Waals surface area contributed by atoms with Gasteiger partial charge in [0.15, 0.2) is 11.6 Å². The monoisotopic (exact) mass is 321 g/mol. The van der Waals surface area contributed by atoms with Gasteiger partial charge in [-0.25, -0.2) is 0 Å². The predicted octanol–water partition coefficient (Wildman–Crippen LogP) is 1.93. The summed E-state index contributed by atoms with van der Waals surface area (Å²) in [7, 11) is 0. The maximum atomic E-state index is 12.1. The number of nitrogens with zero attached hydrogens (tertiary/aromatic N) is 3. The smallest absolute Gasteiger partial charge is 0.292 e. The number of hydrogen-bond acceptors (Lipinski definition) is 5. The molecule has 0 bridgehead atoms. The van der Waals surface area contributed by atoms with Crippen LogP contribution in [0.1, 0.15) is 10.6 Å². The van der Waals surface area contributed by atoms with Gasteiger partial charge in [-0.2, -0.15) is 9.50 Å². The van der Waals surface area contributed by atoms with Crippen molar-refractivity contribution in [1.29, 1.82) is 0 Å². The summed E-state index contributed by atoms with van der Waals surface area (Å²) in [5, 5.41) is 6.95. The number of nitrogens with one attached hydrogen (secondary N) is 2. The van der Waals surface area contributed by atoms with Crippen LogP contribution >= 0.6 is 0 Å². The van der Waals surface area contributed by atoms with Gasteiger partial charge in [-0.15, -0.1) is 5.10 Å². The molecule has 118 valence electrons. The summed E-state index contributed by atoms with van der Waals surface area (Å²) in [6, 6.07) is 13.7. The van der Waals surface area contributed by atoms with E-state index in [-0.39, 0.29) is 17.4 Å². The molecule has 4 rings (SSSR count). The van der Waals surface area contributed by atoms with Crippen LogP contribution in [0.15, 0.2) is 64.0 Å². The van der Waals surface area contributed by atoms with E-state index >= 15 is 0 Å². The molecular weight excluding hydrogens is 310 g/mol. The summed E-state index contributed by atoms with van der Waals surface area (Å²) < 4.78 is 6.41. The Kier molecular flexibility index (Phi) is 3.20. The fourth-order valence-corrected chi connectivity index (χ4v) is 2.28. The van der Waals surface area contributed by atoms with Gasteiger partial charge in [-0.05, 0) is 12.1 Å². The third-order valence-electron chi connectivity index (χ3n) is 3.36. The zero-order chi connectivity index (χ0) is 16.5. The van der Waals surface area contributed by atoms with Gasteiger partial charge in [0.1, 0.15) is 5.82 Å². The predicted molar refractivity (Wildman–Crippen MR) is 85.7 cm³/mol. The Balaban J connectivity index is 1.79. The second-order valence-corrected chi connectivity index (χ2v) is 4.99. The van der Waals surface area contributed by atoms with E-state index in [2.05, 4.69) is 20.4 Å². The highest BCUT2D eigenvalue weighted by Crippen LogP contribution is 2.16. The molecule has 24 heavy (non-hydrogen) atoms. The molecule has 0 saturated heterocycles. The standard InChI is InChI=1S/C16H11N5O3/c22-13-9-12(17-15(23)11-7-4-8-24-11)21-16(18-13)19-14(20-21)10-5-2-1-3-6-10/h1-9H,(H,17,23)(H,18,19,20,22). The Labute approximate surface area is 134 Å². The van der Waals surface area contributed by atoms with Gasteiger partial charge in [0.25, 0.3) is 11.5 Å². The highest BCUT2D eigenvalue weighted by Gasteiger charge is 2.15. The zero-order valence-electron chi connectivity index (χ0n) is 12.3. The number of carbonyl (C=O) groups is 1. The van der Waals surface area contributed by atoms with Gasteiger partial charge < -0.3 is 9.73 Å². The second kappa shape index (κ2) is 5.51. The minimum atomic E-state index is -0.483. The molecule has 4 aromatic rings. The molecule has 8 nitrogen and oxygen atoms in total. The molecule has 0 aliphatic rings. The molecule has 1 amide bonds. The van der Waals surface area contributed by atoms with E-state index < -0.39 is 11.5 Å². The maximum Gasteiger partial charge on any atom is 0.292 e. The molecular formula is C16H11N5O3. The van der Waals surface area contributed by atoms with E-state index in [1.54, 1.807) is 6.07 Å². The van der Waals surface area contributed by atoms with Crippen LogP contribution in [-0.2, 0) is 0 Å². The van der Waals surface area contributed by atoms with Crippen LogP contribution in [0, 0.1) is 0 Å². The number of amides is 1. The summed E-state index contributed by atoms with van der Waals surface area (Å²) in [6.07, 6.45) is 1.39. The zero-order valence-corrected chi connectivity index (χ0v) is 12.3. The van der Waals surface area contributed by atoms with E-state index in [4.69, 9.17) is 4.42 Å². The Hall–Kier alpha value is -3.68. The number of aromatic nitrogens is 4. The second-order valence-electron chi connectivity index (χ2n) is 4.99. The lowest BCUT2D eigenvalue weighted by atomic mass is 10.2. The summed E-state index contributed by atoms with van der Waals surface area (Å²) in [5.41, 5.74) is 0.398. The minimum Gasteiger partial charge on any atom is -0.459 e. The number of hydrogen-bond donors (Lipinski definition) is 2. The number of benzene rings is 1. The molecule has 2 N–H and O–H groups in total. The third kappa shape index (κ3) is 2.45. The SMILES string of the molecule is O=C(Nc1cc(=O)[nH]c2nc(-c3ccccc3)nn12)c1ccco1. The van der Waals surface area contributed by atoms with Gasteiger partial charge in [-0.1, -0.05) is 30.3 Å². The number of rotatable bonds is 3. The third-order valence-corrected chi connectivity index (χ3v) is 3.36. The van der Waals surface area contributed by atoms with E-state index in [0.29, 0.717) is 5.82 Å². The van der Waals surface area contributed by atoms with Crippen LogP contribution in [0.3, 0.4) is 0 Å². The number of anilines is 1. The van der Waals surface area contributed by atoms with E-state index in [1.807, 2.05) is 30.3 Å². The average molecular weight is 321 g/mol. The summed E-state index contributed by atoms with van der Waals surface area (Å²) >= 11 is 0. The molecule has 0 atom stereocenters. The van der Waals surface area contributed by atoms with E-state index in [1.165, 1.54) is 22.9 Å². The van der Waals surface area contributed by atoms with Crippen molar-refractivity contribution in [3.8, 4) is 11.4 Å². The maximum absolute atomic E-state index is 12.1. The van der Waals surface area contributed by atoms with Crippen molar-refractivity contribution >= 4 is 17.5 Å². The van der Waals surface area contributed by atoms with Crippen LogP contribution in [0.4, 0.5) is 5.82 Å². The Morgan fingerprint density at radius 3 is 2.75 bits per heavy atom. The number of fused-ring (bicyclic) bond motifs is 1. The Morgan fingerprint density at radius 1 is 1.17 bits per heavy atom. The quantitative estimate of drug-likeness (QED) is 0.600. The fourth-order valence-electron chi connectivity index (χ4n) is 2.28. The molecule has 8 heteroatoms. The molecule has 0 unspecified atom stereocenters. The summed E-state index contributed by atoms with van der Waals surface area (Å²) in [5.74, 6) is 0.516.